The van der Waals surface area contributed by atoms with E-state index in [9.17, 15) is 8.42 Å². The van der Waals surface area contributed by atoms with Crippen LogP contribution < -0.4 is 4.72 Å². The van der Waals surface area contributed by atoms with Gasteiger partial charge >= 0.3 is 0 Å². The largest absolute Gasteiger partial charge is 0.384 e. The Morgan fingerprint density at radius 2 is 2.15 bits per heavy atom. The fourth-order valence-electron chi connectivity index (χ4n) is 1.43. The van der Waals surface area contributed by atoms with Crippen molar-refractivity contribution in [2.45, 2.75) is 4.21 Å². The molecule has 2 N–H and O–H groups in total. The molecule has 0 bridgehead atoms. The van der Waals surface area contributed by atoms with Gasteiger partial charge in [0.2, 0.25) is 0 Å². The van der Waals surface area contributed by atoms with Crippen molar-refractivity contribution in [3.63, 3.8) is 0 Å². The molecule has 0 aliphatic rings. The number of benzene rings is 1. The zero-order chi connectivity index (χ0) is 14.6. The molecular formula is C13H10ClNO3S2. The van der Waals surface area contributed by atoms with E-state index < -0.39 is 10.0 Å². The maximum atomic E-state index is 12.1. The van der Waals surface area contributed by atoms with Crippen LogP contribution in [-0.4, -0.2) is 20.1 Å². The van der Waals surface area contributed by atoms with E-state index in [4.69, 9.17) is 16.7 Å². The van der Waals surface area contributed by atoms with Gasteiger partial charge in [0.1, 0.15) is 10.8 Å². The standard InChI is InChI=1S/C13H10ClNO3S2/c14-11-6-5-10(3-1-7-16)9-12(11)15-20(17,18)13-4-2-8-19-13/h2,4-6,8-9,15-16H,7H2. The Bertz CT molecular complexity index is 759. The molecule has 0 radical (unpaired) electrons. The lowest BCUT2D eigenvalue weighted by Crippen LogP contribution is -2.11. The Morgan fingerprint density at radius 3 is 2.80 bits per heavy atom. The molecule has 0 amide bonds. The Balaban J connectivity index is 2.34. The van der Waals surface area contributed by atoms with Crippen LogP contribution in [0.5, 0.6) is 0 Å². The van der Waals surface area contributed by atoms with Crippen molar-refractivity contribution in [3.05, 3.63) is 46.3 Å². The molecule has 1 aromatic carbocycles. The highest BCUT2D eigenvalue weighted by Crippen LogP contribution is 2.27. The third-order valence-electron chi connectivity index (χ3n) is 2.28. The lowest BCUT2D eigenvalue weighted by atomic mass is 10.2. The van der Waals surface area contributed by atoms with E-state index >= 15 is 0 Å². The van der Waals surface area contributed by atoms with Gasteiger partial charge < -0.3 is 5.11 Å². The molecule has 0 fully saturated rings. The molecule has 2 rings (SSSR count). The Hall–Kier alpha value is -1.52. The van der Waals surface area contributed by atoms with Crippen molar-refractivity contribution >= 4 is 38.6 Å². The van der Waals surface area contributed by atoms with Gasteiger partial charge in [0.15, 0.2) is 0 Å². The summed E-state index contributed by atoms with van der Waals surface area (Å²) in [7, 11) is -3.64. The summed E-state index contributed by atoms with van der Waals surface area (Å²) >= 11 is 7.10. The van der Waals surface area contributed by atoms with E-state index in [1.807, 2.05) is 0 Å². The molecule has 4 nitrogen and oxygen atoms in total. The lowest BCUT2D eigenvalue weighted by molar-refractivity contribution is 0.350. The van der Waals surface area contributed by atoms with Crippen molar-refractivity contribution < 1.29 is 13.5 Å². The number of nitrogens with one attached hydrogen (secondary N) is 1. The number of thiophene rings is 1. The monoisotopic (exact) mass is 327 g/mol. The highest BCUT2D eigenvalue weighted by Gasteiger charge is 2.16. The van der Waals surface area contributed by atoms with Crippen molar-refractivity contribution in [2.24, 2.45) is 0 Å². The van der Waals surface area contributed by atoms with Gasteiger partial charge in [-0.15, -0.1) is 11.3 Å². The van der Waals surface area contributed by atoms with E-state index in [0.717, 1.165) is 11.3 Å². The third-order valence-corrected chi connectivity index (χ3v) is 5.37. The summed E-state index contributed by atoms with van der Waals surface area (Å²) in [6.07, 6.45) is 0. The van der Waals surface area contributed by atoms with Gasteiger partial charge in [-0.05, 0) is 29.6 Å². The summed E-state index contributed by atoms with van der Waals surface area (Å²) in [6.45, 7) is -0.265. The maximum Gasteiger partial charge on any atom is 0.271 e. The van der Waals surface area contributed by atoms with Gasteiger partial charge in [-0.3, -0.25) is 4.72 Å². The number of aliphatic hydroxyl groups is 1. The summed E-state index contributed by atoms with van der Waals surface area (Å²) in [6, 6.07) is 7.89. The Labute approximate surface area is 126 Å². The van der Waals surface area contributed by atoms with Crippen molar-refractivity contribution in [1.82, 2.24) is 0 Å². The Kier molecular flexibility index (Phi) is 4.68. The van der Waals surface area contributed by atoms with Crippen LogP contribution in [0.15, 0.2) is 39.9 Å². The highest BCUT2D eigenvalue weighted by molar-refractivity contribution is 7.94. The number of halogens is 1. The minimum Gasteiger partial charge on any atom is -0.384 e. The van der Waals surface area contributed by atoms with E-state index in [2.05, 4.69) is 16.6 Å². The molecule has 20 heavy (non-hydrogen) atoms. The van der Waals surface area contributed by atoms with Crippen molar-refractivity contribution in [3.8, 4) is 11.8 Å². The molecular weight excluding hydrogens is 318 g/mol. The number of aliphatic hydroxyl groups excluding tert-OH is 1. The normalized spacial score (nSPS) is 10.7. The number of sulfonamides is 1. The van der Waals surface area contributed by atoms with E-state index in [1.165, 1.54) is 12.1 Å². The fourth-order valence-corrected chi connectivity index (χ4v) is 3.72. The van der Waals surface area contributed by atoms with Crippen LogP contribution in [0.3, 0.4) is 0 Å². The summed E-state index contributed by atoms with van der Waals surface area (Å²) in [5, 5.41) is 10.6. The molecule has 0 saturated heterocycles. The molecule has 0 aliphatic carbocycles. The first kappa shape index (κ1) is 14.9. The second-order valence-electron chi connectivity index (χ2n) is 3.69. The van der Waals surface area contributed by atoms with Gasteiger partial charge in [0, 0.05) is 5.56 Å². The minimum absolute atomic E-state index is 0.209. The van der Waals surface area contributed by atoms with Crippen LogP contribution in [0, 0.1) is 11.8 Å². The van der Waals surface area contributed by atoms with Gasteiger partial charge in [0.25, 0.3) is 10.0 Å². The van der Waals surface area contributed by atoms with E-state index in [0.29, 0.717) is 5.56 Å². The molecule has 7 heteroatoms. The predicted octanol–water partition coefficient (Wildman–Crippen LogP) is 2.55. The smallest absolute Gasteiger partial charge is 0.271 e. The van der Waals surface area contributed by atoms with Gasteiger partial charge in [-0.1, -0.05) is 29.5 Å². The Morgan fingerprint density at radius 1 is 1.35 bits per heavy atom. The van der Waals surface area contributed by atoms with Crippen LogP contribution >= 0.6 is 22.9 Å². The molecule has 0 spiro atoms. The van der Waals surface area contributed by atoms with Gasteiger partial charge in [-0.2, -0.15) is 0 Å². The lowest BCUT2D eigenvalue weighted by Gasteiger charge is -2.08. The first-order valence-electron chi connectivity index (χ1n) is 5.48. The quantitative estimate of drug-likeness (QED) is 0.851. The predicted molar refractivity (Wildman–Crippen MR) is 80.5 cm³/mol. The number of rotatable bonds is 3. The van der Waals surface area contributed by atoms with E-state index in [1.54, 1.807) is 23.6 Å². The highest BCUT2D eigenvalue weighted by atomic mass is 35.5. The number of hydrogen-bond donors (Lipinski definition) is 2. The van der Waals surface area contributed by atoms with Crippen LogP contribution in [0.25, 0.3) is 0 Å². The zero-order valence-electron chi connectivity index (χ0n) is 10.1. The molecule has 0 saturated carbocycles. The van der Waals surface area contributed by atoms with Crippen molar-refractivity contribution in [2.75, 3.05) is 11.3 Å². The summed E-state index contributed by atoms with van der Waals surface area (Å²) in [5.74, 6) is 5.18. The minimum atomic E-state index is -3.64. The molecule has 2 aromatic rings. The average molecular weight is 328 g/mol. The van der Waals surface area contributed by atoms with Gasteiger partial charge in [-0.25, -0.2) is 8.42 Å². The third kappa shape index (κ3) is 3.52. The molecule has 0 atom stereocenters. The summed E-state index contributed by atoms with van der Waals surface area (Å²) in [5.41, 5.74) is 0.817. The first-order valence-corrected chi connectivity index (χ1v) is 8.22. The number of anilines is 1. The molecule has 104 valence electrons. The van der Waals surface area contributed by atoms with Crippen LogP contribution in [0.1, 0.15) is 5.56 Å². The topological polar surface area (TPSA) is 66.4 Å². The zero-order valence-corrected chi connectivity index (χ0v) is 12.5. The van der Waals surface area contributed by atoms with E-state index in [-0.39, 0.29) is 21.5 Å². The second kappa shape index (κ2) is 6.29. The summed E-state index contributed by atoms with van der Waals surface area (Å²) < 4.78 is 26.8. The van der Waals surface area contributed by atoms with Crippen LogP contribution in [-0.2, 0) is 10.0 Å². The maximum absolute atomic E-state index is 12.1. The molecule has 0 unspecified atom stereocenters. The molecule has 0 aliphatic heterocycles. The van der Waals surface area contributed by atoms with Gasteiger partial charge in [0.05, 0.1) is 10.7 Å². The van der Waals surface area contributed by atoms with Crippen LogP contribution in [0.4, 0.5) is 5.69 Å². The second-order valence-corrected chi connectivity index (χ2v) is 6.96. The molecule has 1 aromatic heterocycles. The fraction of sp³-hybridized carbons (Fsp3) is 0.0769. The summed E-state index contributed by atoms with van der Waals surface area (Å²) in [4.78, 5) is 0. The molecule has 1 heterocycles. The van der Waals surface area contributed by atoms with Crippen LogP contribution in [0.2, 0.25) is 5.02 Å². The first-order chi connectivity index (χ1) is 9.53. The average Bonchev–Trinajstić information content (AvgIpc) is 2.94. The van der Waals surface area contributed by atoms with Crippen molar-refractivity contribution in [1.29, 1.82) is 0 Å². The SMILES string of the molecule is O=S(=O)(Nc1cc(C#CCO)ccc1Cl)c1cccs1. The number of hydrogen-bond acceptors (Lipinski definition) is 4.